The third-order valence-corrected chi connectivity index (χ3v) is 5.37. The molecule has 0 saturated carbocycles. The quantitative estimate of drug-likeness (QED) is 0.829. The highest BCUT2D eigenvalue weighted by Crippen LogP contribution is 2.31. The number of amides is 1. The van der Waals surface area contributed by atoms with Crippen LogP contribution in [0.25, 0.3) is 5.70 Å². The number of hydrogen-bond acceptors (Lipinski definition) is 6. The van der Waals surface area contributed by atoms with Crippen molar-refractivity contribution < 1.29 is 9.21 Å². The van der Waals surface area contributed by atoms with Gasteiger partial charge >= 0.3 is 0 Å². The van der Waals surface area contributed by atoms with E-state index < -0.39 is 6.17 Å². The normalized spacial score (nSPS) is 18.9. The highest BCUT2D eigenvalue weighted by Gasteiger charge is 2.35. The number of nitrogens with zero attached hydrogens (tertiary/aromatic N) is 3. The molecule has 4 rings (SSSR count). The van der Waals surface area contributed by atoms with Gasteiger partial charge in [-0.2, -0.15) is 0 Å². The first-order chi connectivity index (χ1) is 12.2. The van der Waals surface area contributed by atoms with Gasteiger partial charge in [0, 0.05) is 15.4 Å². The van der Waals surface area contributed by atoms with E-state index in [9.17, 15) is 4.79 Å². The average molecular weight is 419 g/mol. The molecule has 6 nitrogen and oxygen atoms in total. The van der Waals surface area contributed by atoms with Crippen LogP contribution in [0.2, 0.25) is 0 Å². The molecule has 25 heavy (non-hydrogen) atoms. The summed E-state index contributed by atoms with van der Waals surface area (Å²) in [7, 11) is 0. The second-order valence-electron chi connectivity index (χ2n) is 5.58. The van der Waals surface area contributed by atoms with Gasteiger partial charge in [-0.3, -0.25) is 10.1 Å². The summed E-state index contributed by atoms with van der Waals surface area (Å²) in [6.45, 7) is 2.09. The summed E-state index contributed by atoms with van der Waals surface area (Å²) in [5.41, 5.74) is 0.480. The second kappa shape index (κ2) is 6.68. The third-order valence-electron chi connectivity index (χ3n) is 3.81. The maximum Gasteiger partial charge on any atom is 0.276 e. The van der Waals surface area contributed by atoms with Crippen molar-refractivity contribution in [3.8, 4) is 0 Å². The third kappa shape index (κ3) is 3.00. The van der Waals surface area contributed by atoms with Crippen LogP contribution in [0.3, 0.4) is 0 Å². The average Bonchev–Trinajstić information content (AvgIpc) is 3.13. The van der Waals surface area contributed by atoms with Crippen LogP contribution >= 0.6 is 27.7 Å². The summed E-state index contributed by atoms with van der Waals surface area (Å²) in [6.07, 6.45) is 2.10. The molecular weight excluding hydrogens is 404 g/mol. The van der Waals surface area contributed by atoms with Crippen LogP contribution in [0.5, 0.6) is 0 Å². The smallest absolute Gasteiger partial charge is 0.276 e. The van der Waals surface area contributed by atoms with Gasteiger partial charge < -0.3 is 4.42 Å². The summed E-state index contributed by atoms with van der Waals surface area (Å²) in [4.78, 5) is 17.6. The SMILES string of the molecule is CCCSC1=NN2C(=c3cc(Br)ccc3=N[C@H]2c2ccco2)C(=O)N1. The molecule has 0 saturated heterocycles. The number of amidine groups is 1. The zero-order valence-electron chi connectivity index (χ0n) is 13.4. The topological polar surface area (TPSA) is 70.2 Å². The lowest BCUT2D eigenvalue weighted by molar-refractivity contribution is -0.116. The van der Waals surface area contributed by atoms with Gasteiger partial charge in [-0.15, -0.1) is 5.10 Å². The predicted molar refractivity (Wildman–Crippen MR) is 99.9 cm³/mol. The second-order valence-corrected chi connectivity index (χ2v) is 7.58. The minimum Gasteiger partial charge on any atom is -0.465 e. The summed E-state index contributed by atoms with van der Waals surface area (Å²) >= 11 is 4.99. The molecule has 1 atom stereocenters. The first kappa shape index (κ1) is 16.4. The van der Waals surface area contributed by atoms with Crippen molar-refractivity contribution in [3.63, 3.8) is 0 Å². The van der Waals surface area contributed by atoms with E-state index in [1.54, 1.807) is 11.3 Å². The number of thioether (sulfide) groups is 1. The molecule has 2 aliphatic rings. The summed E-state index contributed by atoms with van der Waals surface area (Å²) in [5.74, 6) is 1.34. The van der Waals surface area contributed by atoms with Crippen LogP contribution in [-0.2, 0) is 4.79 Å². The van der Waals surface area contributed by atoms with Crippen molar-refractivity contribution in [2.24, 2.45) is 10.1 Å². The van der Waals surface area contributed by atoms with Gasteiger partial charge in [-0.05, 0) is 36.8 Å². The fourth-order valence-electron chi connectivity index (χ4n) is 2.74. The molecule has 0 spiro atoms. The van der Waals surface area contributed by atoms with Gasteiger partial charge in [0.1, 0.15) is 11.5 Å². The number of carbonyl (C=O) groups excluding carboxylic acids is 1. The number of benzene rings is 1. The van der Waals surface area contributed by atoms with Crippen molar-refractivity contribution in [2.75, 3.05) is 5.75 Å². The van der Waals surface area contributed by atoms with Crippen molar-refractivity contribution in [1.82, 2.24) is 10.3 Å². The maximum atomic E-state index is 12.8. The van der Waals surface area contributed by atoms with Crippen LogP contribution in [-0.4, -0.2) is 21.8 Å². The molecule has 0 unspecified atom stereocenters. The predicted octanol–water partition coefficient (Wildman–Crippen LogP) is 2.33. The molecular formula is C17H15BrN4O2S. The Kier molecular flexibility index (Phi) is 4.39. The minimum atomic E-state index is -0.498. The van der Waals surface area contributed by atoms with Crippen LogP contribution in [0.1, 0.15) is 25.3 Å². The van der Waals surface area contributed by atoms with E-state index in [4.69, 9.17) is 9.41 Å². The van der Waals surface area contributed by atoms with E-state index in [1.807, 2.05) is 30.3 Å². The number of nitrogens with one attached hydrogen (secondary N) is 1. The van der Waals surface area contributed by atoms with Crippen LogP contribution in [0.15, 0.2) is 55.6 Å². The Bertz CT molecular complexity index is 971. The summed E-state index contributed by atoms with van der Waals surface area (Å²) in [5, 5.41) is 11.2. The van der Waals surface area contributed by atoms with Crippen LogP contribution in [0.4, 0.5) is 0 Å². The Labute approximate surface area is 156 Å². The molecule has 128 valence electrons. The highest BCUT2D eigenvalue weighted by atomic mass is 79.9. The van der Waals surface area contributed by atoms with Gasteiger partial charge in [-0.1, -0.05) is 34.6 Å². The van der Waals surface area contributed by atoms with Crippen LogP contribution in [0, 0.1) is 0 Å². The molecule has 0 fully saturated rings. The molecule has 0 bridgehead atoms. The zero-order valence-corrected chi connectivity index (χ0v) is 15.8. The summed E-state index contributed by atoms with van der Waals surface area (Å²) in [6, 6.07) is 9.33. The van der Waals surface area contributed by atoms with Gasteiger partial charge in [0.25, 0.3) is 5.91 Å². The molecule has 1 aromatic heterocycles. The molecule has 2 aliphatic heterocycles. The number of rotatable bonds is 3. The lowest BCUT2D eigenvalue weighted by Gasteiger charge is -2.32. The van der Waals surface area contributed by atoms with Crippen molar-refractivity contribution in [3.05, 3.63) is 57.4 Å². The maximum absolute atomic E-state index is 12.8. The Morgan fingerprint density at radius 3 is 3.04 bits per heavy atom. The number of halogens is 1. The van der Waals surface area contributed by atoms with E-state index in [0.29, 0.717) is 16.6 Å². The number of fused-ring (bicyclic) bond motifs is 2. The highest BCUT2D eigenvalue weighted by molar-refractivity contribution is 9.10. The van der Waals surface area contributed by atoms with E-state index in [0.717, 1.165) is 27.2 Å². The van der Waals surface area contributed by atoms with Gasteiger partial charge in [0.05, 0.1) is 11.6 Å². The van der Waals surface area contributed by atoms with E-state index >= 15 is 0 Å². The zero-order chi connectivity index (χ0) is 17.4. The molecule has 8 heteroatoms. The number of hydrogen-bond donors (Lipinski definition) is 1. The fourth-order valence-corrected chi connectivity index (χ4v) is 3.81. The molecule has 3 heterocycles. The van der Waals surface area contributed by atoms with E-state index in [2.05, 4.69) is 33.3 Å². The van der Waals surface area contributed by atoms with Gasteiger partial charge in [-0.25, -0.2) is 10.0 Å². The molecule has 0 radical (unpaired) electrons. The molecule has 1 amide bonds. The standard InChI is InChI=1S/C17H15BrN4O2S/c1-2-8-25-17-20-16(23)14-11-9-10(18)5-6-12(11)19-15(22(14)21-17)13-4-3-7-24-13/h3-7,9,15H,2,8H2,1H3,(H,20,21,23)/t15-/m1/s1. The lowest BCUT2D eigenvalue weighted by atomic mass is 10.1. The largest absolute Gasteiger partial charge is 0.465 e. The van der Waals surface area contributed by atoms with E-state index in [-0.39, 0.29) is 5.91 Å². The van der Waals surface area contributed by atoms with Crippen molar-refractivity contribution in [1.29, 1.82) is 0 Å². The summed E-state index contributed by atoms with van der Waals surface area (Å²) < 4.78 is 6.43. The fraction of sp³-hybridized carbons (Fsp3) is 0.235. The molecule has 0 aliphatic carbocycles. The Balaban J connectivity index is 1.92. The Hall–Kier alpha value is -2.06. The van der Waals surface area contributed by atoms with Crippen molar-refractivity contribution in [2.45, 2.75) is 19.5 Å². The Morgan fingerprint density at radius 1 is 1.40 bits per heavy atom. The monoisotopic (exact) mass is 418 g/mol. The first-order valence-corrected chi connectivity index (χ1v) is 9.68. The number of hydrazone groups is 1. The first-order valence-electron chi connectivity index (χ1n) is 7.90. The Morgan fingerprint density at radius 2 is 2.28 bits per heavy atom. The van der Waals surface area contributed by atoms with Gasteiger partial charge in [0.15, 0.2) is 5.17 Å². The lowest BCUT2D eigenvalue weighted by Crippen LogP contribution is -2.50. The van der Waals surface area contributed by atoms with Gasteiger partial charge in [0.2, 0.25) is 6.17 Å². The minimum absolute atomic E-state index is 0.181. The molecule has 1 N–H and O–H groups in total. The van der Waals surface area contributed by atoms with Crippen LogP contribution < -0.4 is 15.9 Å². The molecule has 1 aromatic carbocycles. The number of carbonyl (C=O) groups is 1. The number of furan rings is 1. The van der Waals surface area contributed by atoms with E-state index in [1.165, 1.54) is 11.8 Å². The molecule has 2 aromatic rings. The van der Waals surface area contributed by atoms with Crippen molar-refractivity contribution >= 4 is 44.5 Å².